The van der Waals surface area contributed by atoms with E-state index in [-0.39, 0.29) is 0 Å². The highest BCUT2D eigenvalue weighted by molar-refractivity contribution is 5.97. The van der Waals surface area contributed by atoms with Crippen LogP contribution in [0.4, 0.5) is 0 Å². The molecular formula is C21H20O15. The average molecular weight is 512 g/mol. The molecule has 0 aliphatic carbocycles. The van der Waals surface area contributed by atoms with E-state index in [1.165, 1.54) is 0 Å². The number of carbonyl (C=O) groups is 6. The Morgan fingerprint density at radius 3 is 1.56 bits per heavy atom. The van der Waals surface area contributed by atoms with Crippen molar-refractivity contribution in [3.63, 3.8) is 0 Å². The summed E-state index contributed by atoms with van der Waals surface area (Å²) < 4.78 is 30.3. The van der Waals surface area contributed by atoms with Crippen molar-refractivity contribution in [3.8, 4) is 0 Å². The Hall–Kier alpha value is -4.08. The maximum atomic E-state index is 12.8. The number of hydrogen-bond donors (Lipinski definition) is 3. The van der Waals surface area contributed by atoms with Gasteiger partial charge in [0.25, 0.3) is 0 Å². The number of hydrogen-bond acceptors (Lipinski definition) is 15. The second-order valence-electron chi connectivity index (χ2n) is 7.95. The maximum Gasteiger partial charge on any atom is 0.508 e. The molecule has 2 spiro atoms. The number of rotatable bonds is 2. The number of ether oxygens (including phenoxy) is 6. The summed E-state index contributed by atoms with van der Waals surface area (Å²) >= 11 is 0. The summed E-state index contributed by atoms with van der Waals surface area (Å²) in [7, 11) is 0. The first-order valence-electron chi connectivity index (χ1n) is 10.0. The zero-order valence-electron chi connectivity index (χ0n) is 18.5. The summed E-state index contributed by atoms with van der Waals surface area (Å²) in [5.74, 6) is -16.4. The molecule has 0 radical (unpaired) electrons. The Kier molecular flexibility index (Phi) is 6.76. The van der Waals surface area contributed by atoms with Gasteiger partial charge < -0.3 is 43.7 Å². The first-order chi connectivity index (χ1) is 16.8. The lowest BCUT2D eigenvalue weighted by molar-refractivity contribution is -0.481. The second kappa shape index (κ2) is 9.18. The number of aliphatic hydroxyl groups is 3. The van der Waals surface area contributed by atoms with Gasteiger partial charge in [-0.1, -0.05) is 19.7 Å². The van der Waals surface area contributed by atoms with Crippen LogP contribution in [-0.2, 0) is 57.2 Å². The summed E-state index contributed by atoms with van der Waals surface area (Å²) in [6, 6.07) is 0. The second-order valence-corrected chi connectivity index (χ2v) is 7.95. The van der Waals surface area contributed by atoms with Gasteiger partial charge in [0.15, 0.2) is 5.41 Å². The first-order valence-corrected chi connectivity index (χ1v) is 10.0. The molecule has 0 aromatic heterocycles. The van der Waals surface area contributed by atoms with Crippen LogP contribution in [0.5, 0.6) is 0 Å². The van der Waals surface area contributed by atoms with Gasteiger partial charge in [-0.05, 0) is 0 Å². The van der Waals surface area contributed by atoms with Crippen LogP contribution in [0, 0.1) is 5.41 Å². The standard InChI is InChI=1S/C21H20O15/c1-9-4-12(24)31-18(30)19(7-22,8-23)20(32-13(25)5-10(2)15(27)34-20)21(35-16(9)28)33-14(26)6-11(3)17(29)36-21/h18,22-23,30H,1-8H2. The molecule has 0 amide bonds. The lowest BCUT2D eigenvalue weighted by atomic mass is 9.77. The molecule has 15 nitrogen and oxygen atoms in total. The number of cyclic esters (lactones) is 1. The van der Waals surface area contributed by atoms with Crippen LogP contribution < -0.4 is 0 Å². The van der Waals surface area contributed by atoms with E-state index in [1.807, 2.05) is 0 Å². The normalized spacial score (nSPS) is 31.4. The summed E-state index contributed by atoms with van der Waals surface area (Å²) in [5.41, 5.74) is -5.01. The number of carbonyl (C=O) groups excluding carboxylic acids is 6. The van der Waals surface area contributed by atoms with E-state index in [2.05, 4.69) is 19.7 Å². The van der Waals surface area contributed by atoms with Crippen molar-refractivity contribution in [1.82, 2.24) is 0 Å². The minimum absolute atomic E-state index is 0.569. The highest BCUT2D eigenvalue weighted by atomic mass is 16.9. The van der Waals surface area contributed by atoms with Crippen LogP contribution in [0.25, 0.3) is 0 Å². The van der Waals surface area contributed by atoms with E-state index in [1.54, 1.807) is 0 Å². The van der Waals surface area contributed by atoms with Crippen molar-refractivity contribution in [2.45, 2.75) is 37.3 Å². The molecular weight excluding hydrogens is 492 g/mol. The molecule has 3 saturated heterocycles. The van der Waals surface area contributed by atoms with Gasteiger partial charge in [-0.3, -0.25) is 14.4 Å². The van der Waals surface area contributed by atoms with Gasteiger partial charge in [-0.25, -0.2) is 14.4 Å². The third-order valence-corrected chi connectivity index (χ3v) is 5.47. The monoisotopic (exact) mass is 512 g/mol. The van der Waals surface area contributed by atoms with Crippen LogP contribution >= 0.6 is 0 Å². The summed E-state index contributed by atoms with van der Waals surface area (Å²) in [5, 5.41) is 31.5. The molecule has 0 aromatic rings. The summed E-state index contributed by atoms with van der Waals surface area (Å²) in [6.45, 7) is 6.71. The van der Waals surface area contributed by atoms with Gasteiger partial charge in [0.1, 0.15) is 0 Å². The highest BCUT2D eigenvalue weighted by Gasteiger charge is 2.82. The number of aliphatic hydroxyl groups excluding tert-OH is 3. The molecule has 0 aromatic carbocycles. The largest absolute Gasteiger partial charge is 0.508 e. The molecule has 3 fully saturated rings. The number of esters is 6. The van der Waals surface area contributed by atoms with Crippen LogP contribution in [-0.4, -0.2) is 82.4 Å². The van der Waals surface area contributed by atoms with Crippen molar-refractivity contribution in [3.05, 3.63) is 36.5 Å². The lowest BCUT2D eigenvalue weighted by Crippen LogP contribution is -2.76. The summed E-state index contributed by atoms with van der Waals surface area (Å²) in [4.78, 5) is 75.9. The number of fused-ring (bicyclic) bond motifs is 1. The smallest absolute Gasteiger partial charge is 0.435 e. The predicted octanol–water partition coefficient (Wildman–Crippen LogP) is -2.24. The first kappa shape index (κ1) is 26.5. The molecule has 3 aliphatic heterocycles. The average Bonchev–Trinajstić information content (AvgIpc) is 2.96. The Morgan fingerprint density at radius 2 is 1.08 bits per heavy atom. The Labute approximate surface area is 201 Å². The molecule has 194 valence electrons. The van der Waals surface area contributed by atoms with Gasteiger partial charge in [0.05, 0.1) is 32.5 Å². The molecule has 3 atom stereocenters. The lowest BCUT2D eigenvalue weighted by Gasteiger charge is -2.51. The molecule has 3 N–H and O–H groups in total. The SMILES string of the molecule is C=C1CC(=O)OC(O)C(CO)(CO)C2(OC(=O)CC(=C)C(=O)O2)C2(OC(=O)CC(=C)C(=O)O2)OC1=O. The van der Waals surface area contributed by atoms with Crippen LogP contribution in [0.15, 0.2) is 36.5 Å². The fourth-order valence-electron chi connectivity index (χ4n) is 3.49. The Balaban J connectivity index is 2.49. The van der Waals surface area contributed by atoms with Crippen molar-refractivity contribution in [2.24, 2.45) is 5.41 Å². The maximum absolute atomic E-state index is 12.8. The Morgan fingerprint density at radius 1 is 0.667 bits per heavy atom. The van der Waals surface area contributed by atoms with E-state index < -0.39 is 108 Å². The molecule has 3 aliphatic rings. The minimum atomic E-state index is -3.78. The molecule has 3 rings (SSSR count). The van der Waals surface area contributed by atoms with Gasteiger partial charge in [0.2, 0.25) is 6.29 Å². The van der Waals surface area contributed by atoms with Crippen LogP contribution in [0.3, 0.4) is 0 Å². The van der Waals surface area contributed by atoms with Gasteiger partial charge in [0, 0.05) is 16.7 Å². The van der Waals surface area contributed by atoms with E-state index in [9.17, 15) is 44.1 Å². The van der Waals surface area contributed by atoms with Crippen LogP contribution in [0.2, 0.25) is 0 Å². The van der Waals surface area contributed by atoms with Crippen molar-refractivity contribution >= 4 is 35.8 Å². The van der Waals surface area contributed by atoms with Gasteiger partial charge >= 0.3 is 47.6 Å². The minimum Gasteiger partial charge on any atom is -0.435 e. The highest BCUT2D eigenvalue weighted by Crippen LogP contribution is 2.52. The van der Waals surface area contributed by atoms with Crippen LogP contribution in [0.1, 0.15) is 19.3 Å². The zero-order valence-corrected chi connectivity index (χ0v) is 18.5. The third-order valence-electron chi connectivity index (χ3n) is 5.47. The quantitative estimate of drug-likeness (QED) is 0.202. The molecule has 15 heteroatoms. The van der Waals surface area contributed by atoms with E-state index in [0.717, 1.165) is 0 Å². The zero-order chi connectivity index (χ0) is 27.1. The van der Waals surface area contributed by atoms with E-state index >= 15 is 0 Å². The fraction of sp³-hybridized carbons (Fsp3) is 0.429. The van der Waals surface area contributed by atoms with Gasteiger partial charge in [-0.2, -0.15) is 0 Å². The van der Waals surface area contributed by atoms with E-state index in [0.29, 0.717) is 0 Å². The molecule has 36 heavy (non-hydrogen) atoms. The van der Waals surface area contributed by atoms with Crippen molar-refractivity contribution < 1.29 is 72.5 Å². The van der Waals surface area contributed by atoms with Gasteiger partial charge in [-0.15, -0.1) is 0 Å². The molecule has 0 bridgehead atoms. The third kappa shape index (κ3) is 4.02. The Bertz CT molecular complexity index is 1100. The van der Waals surface area contributed by atoms with Crippen molar-refractivity contribution in [2.75, 3.05) is 13.2 Å². The predicted molar refractivity (Wildman–Crippen MR) is 106 cm³/mol. The topological polar surface area (TPSA) is 218 Å². The fourth-order valence-corrected chi connectivity index (χ4v) is 3.49. The molecule has 3 heterocycles. The van der Waals surface area contributed by atoms with E-state index in [4.69, 9.17) is 28.4 Å². The summed E-state index contributed by atoms with van der Waals surface area (Å²) in [6.07, 6.45) is -5.46. The molecule has 0 saturated carbocycles. The van der Waals surface area contributed by atoms with Crippen molar-refractivity contribution in [1.29, 1.82) is 0 Å². The molecule has 3 unspecified atom stereocenters.